The third kappa shape index (κ3) is 7.32. The van der Waals surface area contributed by atoms with E-state index >= 15 is 0 Å². The van der Waals surface area contributed by atoms with E-state index in [0.29, 0.717) is 0 Å². The lowest BCUT2D eigenvalue weighted by Gasteiger charge is -2.06. The molecule has 0 bridgehead atoms. The zero-order valence-corrected chi connectivity index (χ0v) is 10.0. The van der Waals surface area contributed by atoms with Crippen LogP contribution in [0.15, 0.2) is 23.8 Å². The largest absolute Gasteiger partial charge is 0.327 e. The van der Waals surface area contributed by atoms with Gasteiger partial charge in [-0.1, -0.05) is 51.3 Å². The summed E-state index contributed by atoms with van der Waals surface area (Å²) in [7, 11) is 0. The van der Waals surface area contributed by atoms with E-state index in [1.54, 1.807) is 0 Å². The molecule has 2 N–H and O–H groups in total. The molecule has 0 aliphatic carbocycles. The van der Waals surface area contributed by atoms with Crippen LogP contribution in [0.5, 0.6) is 0 Å². The van der Waals surface area contributed by atoms with Crippen LogP contribution in [0.3, 0.4) is 0 Å². The quantitative estimate of drug-likeness (QED) is 0.482. The predicted molar refractivity (Wildman–Crippen MR) is 65.6 cm³/mol. The van der Waals surface area contributed by atoms with Crippen molar-refractivity contribution in [3.05, 3.63) is 23.8 Å². The molecule has 0 spiro atoms. The van der Waals surface area contributed by atoms with Crippen LogP contribution in [0.4, 0.5) is 4.39 Å². The van der Waals surface area contributed by atoms with Crippen LogP contribution >= 0.6 is 0 Å². The fourth-order valence-electron chi connectivity index (χ4n) is 1.30. The van der Waals surface area contributed by atoms with Gasteiger partial charge in [0.15, 0.2) is 0 Å². The molecule has 0 aliphatic rings. The van der Waals surface area contributed by atoms with Gasteiger partial charge in [-0.2, -0.15) is 0 Å². The van der Waals surface area contributed by atoms with Crippen molar-refractivity contribution in [3.63, 3.8) is 0 Å². The SMILES string of the molecule is CCC/C=C\C(=C/CCCC)C(F)CN. The van der Waals surface area contributed by atoms with Crippen molar-refractivity contribution in [3.8, 4) is 0 Å². The average molecular weight is 213 g/mol. The fourth-order valence-corrected chi connectivity index (χ4v) is 1.30. The Hall–Kier alpha value is -0.630. The zero-order valence-electron chi connectivity index (χ0n) is 10.0. The van der Waals surface area contributed by atoms with Gasteiger partial charge < -0.3 is 5.73 Å². The Labute approximate surface area is 93.2 Å². The molecule has 0 aromatic heterocycles. The molecule has 2 heteroatoms. The van der Waals surface area contributed by atoms with E-state index < -0.39 is 6.17 Å². The summed E-state index contributed by atoms with van der Waals surface area (Å²) in [5.41, 5.74) is 6.08. The highest BCUT2D eigenvalue weighted by molar-refractivity contribution is 5.23. The highest BCUT2D eigenvalue weighted by Crippen LogP contribution is 2.11. The number of halogens is 1. The van der Waals surface area contributed by atoms with Crippen molar-refractivity contribution >= 4 is 0 Å². The van der Waals surface area contributed by atoms with Crippen LogP contribution in [0.2, 0.25) is 0 Å². The molecule has 15 heavy (non-hydrogen) atoms. The van der Waals surface area contributed by atoms with E-state index in [1.807, 2.05) is 18.2 Å². The smallest absolute Gasteiger partial charge is 0.137 e. The third-order valence-electron chi connectivity index (χ3n) is 2.27. The molecular weight excluding hydrogens is 189 g/mol. The minimum Gasteiger partial charge on any atom is -0.327 e. The third-order valence-corrected chi connectivity index (χ3v) is 2.27. The Bertz CT molecular complexity index is 197. The van der Waals surface area contributed by atoms with Crippen LogP contribution in [0.25, 0.3) is 0 Å². The summed E-state index contributed by atoms with van der Waals surface area (Å²) >= 11 is 0. The fraction of sp³-hybridized carbons (Fsp3) is 0.692. The highest BCUT2D eigenvalue weighted by atomic mass is 19.1. The van der Waals surface area contributed by atoms with Crippen molar-refractivity contribution in [1.29, 1.82) is 0 Å². The van der Waals surface area contributed by atoms with E-state index in [1.165, 1.54) is 0 Å². The Balaban J connectivity index is 4.23. The minimum atomic E-state index is -1.00. The summed E-state index contributed by atoms with van der Waals surface area (Å²) in [5, 5.41) is 0. The van der Waals surface area contributed by atoms with Crippen LogP contribution in [0, 0.1) is 0 Å². The Morgan fingerprint density at radius 3 is 2.53 bits per heavy atom. The average Bonchev–Trinajstić information content (AvgIpc) is 2.26. The number of hydrogen-bond donors (Lipinski definition) is 1. The van der Waals surface area contributed by atoms with Crippen molar-refractivity contribution in [1.82, 2.24) is 0 Å². The molecule has 1 nitrogen and oxygen atoms in total. The van der Waals surface area contributed by atoms with Crippen molar-refractivity contribution < 1.29 is 4.39 Å². The van der Waals surface area contributed by atoms with Gasteiger partial charge >= 0.3 is 0 Å². The first-order valence-electron chi connectivity index (χ1n) is 5.96. The summed E-state index contributed by atoms with van der Waals surface area (Å²) in [4.78, 5) is 0. The molecule has 0 fully saturated rings. The maximum absolute atomic E-state index is 13.4. The molecule has 1 atom stereocenters. The highest BCUT2D eigenvalue weighted by Gasteiger charge is 2.06. The standard InChI is InChI=1S/C13H24FN/c1-3-5-7-9-12(13(14)11-15)10-8-6-4-2/h7,9-10,13H,3-6,8,11,15H2,1-2H3/b9-7-,12-10+. The topological polar surface area (TPSA) is 26.0 Å². The second-order valence-corrected chi connectivity index (χ2v) is 3.74. The van der Waals surface area contributed by atoms with Gasteiger partial charge in [0.1, 0.15) is 6.17 Å². The molecule has 88 valence electrons. The lowest BCUT2D eigenvalue weighted by Crippen LogP contribution is -2.16. The maximum atomic E-state index is 13.4. The first kappa shape index (κ1) is 14.4. The number of nitrogens with two attached hydrogens (primary N) is 1. The van der Waals surface area contributed by atoms with Crippen LogP contribution in [0.1, 0.15) is 46.0 Å². The lowest BCUT2D eigenvalue weighted by molar-refractivity contribution is 0.394. The monoisotopic (exact) mass is 213 g/mol. The van der Waals surface area contributed by atoms with E-state index in [-0.39, 0.29) is 6.54 Å². The van der Waals surface area contributed by atoms with E-state index in [0.717, 1.165) is 37.7 Å². The maximum Gasteiger partial charge on any atom is 0.137 e. The predicted octanol–water partition coefficient (Wildman–Crippen LogP) is 3.76. The summed E-state index contributed by atoms with van der Waals surface area (Å²) < 4.78 is 13.4. The van der Waals surface area contributed by atoms with Crippen molar-refractivity contribution in [2.24, 2.45) is 5.73 Å². The number of alkyl halides is 1. The van der Waals surface area contributed by atoms with Gasteiger partial charge in [0.2, 0.25) is 0 Å². The number of unbranched alkanes of at least 4 members (excludes halogenated alkanes) is 3. The zero-order chi connectivity index (χ0) is 11.5. The molecule has 0 aliphatic heterocycles. The minimum absolute atomic E-state index is 0.0778. The van der Waals surface area contributed by atoms with Crippen LogP contribution < -0.4 is 5.73 Å². The number of allylic oxidation sites excluding steroid dienone is 3. The molecular formula is C13H24FN. The van der Waals surface area contributed by atoms with Gasteiger partial charge in [0, 0.05) is 6.54 Å². The Kier molecular flexibility index (Phi) is 9.49. The molecule has 0 rings (SSSR count). The summed E-state index contributed by atoms with van der Waals surface area (Å²) in [6, 6.07) is 0. The van der Waals surface area contributed by atoms with E-state index in [9.17, 15) is 4.39 Å². The summed E-state index contributed by atoms with van der Waals surface area (Å²) in [6.07, 6.45) is 10.2. The van der Waals surface area contributed by atoms with Gasteiger partial charge in [-0.25, -0.2) is 4.39 Å². The molecule has 0 heterocycles. The van der Waals surface area contributed by atoms with Crippen LogP contribution in [-0.4, -0.2) is 12.7 Å². The van der Waals surface area contributed by atoms with Gasteiger partial charge in [-0.15, -0.1) is 0 Å². The molecule has 0 aromatic carbocycles. The first-order valence-corrected chi connectivity index (χ1v) is 5.96. The summed E-state index contributed by atoms with van der Waals surface area (Å²) in [5.74, 6) is 0. The molecule has 0 aromatic rings. The van der Waals surface area contributed by atoms with Gasteiger partial charge in [0.05, 0.1) is 0 Å². The first-order chi connectivity index (χ1) is 7.26. The van der Waals surface area contributed by atoms with Gasteiger partial charge in [-0.3, -0.25) is 0 Å². The van der Waals surface area contributed by atoms with Gasteiger partial charge in [0.25, 0.3) is 0 Å². The van der Waals surface area contributed by atoms with Crippen molar-refractivity contribution in [2.45, 2.75) is 52.1 Å². The molecule has 0 radical (unpaired) electrons. The molecule has 1 unspecified atom stereocenters. The Morgan fingerprint density at radius 2 is 2.00 bits per heavy atom. The van der Waals surface area contributed by atoms with Gasteiger partial charge in [-0.05, 0) is 18.4 Å². The second kappa shape index (κ2) is 9.91. The molecule has 0 saturated heterocycles. The summed E-state index contributed by atoms with van der Waals surface area (Å²) in [6.45, 7) is 4.32. The number of rotatable bonds is 8. The van der Waals surface area contributed by atoms with Crippen molar-refractivity contribution in [2.75, 3.05) is 6.54 Å². The number of hydrogen-bond acceptors (Lipinski definition) is 1. The lowest BCUT2D eigenvalue weighted by atomic mass is 10.1. The van der Waals surface area contributed by atoms with Crippen LogP contribution in [-0.2, 0) is 0 Å². The second-order valence-electron chi connectivity index (χ2n) is 3.74. The normalized spacial score (nSPS) is 14.8. The molecule has 0 amide bonds. The molecule has 0 saturated carbocycles. The Morgan fingerprint density at radius 1 is 1.27 bits per heavy atom. The van der Waals surface area contributed by atoms with E-state index in [2.05, 4.69) is 13.8 Å². The van der Waals surface area contributed by atoms with E-state index in [4.69, 9.17) is 5.73 Å².